The van der Waals surface area contributed by atoms with Gasteiger partial charge in [0, 0.05) is 32.1 Å². The molecule has 1 aromatic rings. The zero-order valence-electron chi connectivity index (χ0n) is 27.2. The van der Waals surface area contributed by atoms with Crippen molar-refractivity contribution in [3.8, 4) is 11.5 Å². The highest BCUT2D eigenvalue weighted by Crippen LogP contribution is 2.32. The first kappa shape index (κ1) is 35.2. The summed E-state index contributed by atoms with van der Waals surface area (Å²) in [5.41, 5.74) is 8.72. The van der Waals surface area contributed by atoms with Gasteiger partial charge in [-0.2, -0.15) is 0 Å². The summed E-state index contributed by atoms with van der Waals surface area (Å²) < 4.78 is 28.0. The van der Waals surface area contributed by atoms with E-state index >= 15 is 0 Å². The molecule has 44 heavy (non-hydrogen) atoms. The molecule has 3 rings (SSSR count). The lowest BCUT2D eigenvalue weighted by atomic mass is 9.81. The van der Waals surface area contributed by atoms with Crippen LogP contribution in [0.4, 0.5) is 0 Å². The number of benzene rings is 1. The number of carbonyl (C=O) groups is 1. The number of aliphatic hydroxyl groups excluding tert-OH is 1. The number of rotatable bonds is 18. The number of carbonyl (C=O) groups excluding carboxylic acids is 1. The zero-order chi connectivity index (χ0) is 32.1. The lowest BCUT2D eigenvalue weighted by Gasteiger charge is -2.30. The van der Waals surface area contributed by atoms with Crippen LogP contribution < -0.4 is 20.5 Å². The Bertz CT molecular complexity index is 1190. The number of aliphatic hydroxyl groups is 1. The molecule has 0 spiro atoms. The Balaban J connectivity index is 1.59. The molecule has 0 bridgehead atoms. The largest absolute Gasteiger partial charge is 0.493 e. The van der Waals surface area contributed by atoms with Crippen molar-refractivity contribution in [3.05, 3.63) is 71.7 Å². The smallest absolute Gasteiger partial charge is 0.235 e. The number of amides is 1. The monoisotopic (exact) mass is 612 g/mol. The van der Waals surface area contributed by atoms with Crippen molar-refractivity contribution in [3.63, 3.8) is 0 Å². The van der Waals surface area contributed by atoms with Gasteiger partial charge in [0.15, 0.2) is 23.5 Å². The molecule has 4 unspecified atom stereocenters. The summed E-state index contributed by atoms with van der Waals surface area (Å²) in [7, 11) is 3.31. The molecule has 1 heterocycles. The van der Waals surface area contributed by atoms with Crippen LogP contribution in [0.15, 0.2) is 66.2 Å². The second-order valence-corrected chi connectivity index (χ2v) is 12.3. The number of allylic oxidation sites excluding steroid dienone is 4. The molecule has 0 aromatic heterocycles. The van der Waals surface area contributed by atoms with Crippen LogP contribution in [0, 0.1) is 23.7 Å². The van der Waals surface area contributed by atoms with E-state index in [0.717, 1.165) is 36.8 Å². The predicted molar refractivity (Wildman–Crippen MR) is 171 cm³/mol. The van der Waals surface area contributed by atoms with Gasteiger partial charge < -0.3 is 34.5 Å². The minimum absolute atomic E-state index is 0.0225. The maximum atomic E-state index is 13.3. The van der Waals surface area contributed by atoms with Crippen LogP contribution in [-0.4, -0.2) is 50.6 Å². The van der Waals surface area contributed by atoms with Gasteiger partial charge in [-0.1, -0.05) is 52.0 Å². The third-order valence-corrected chi connectivity index (χ3v) is 8.27. The summed E-state index contributed by atoms with van der Waals surface area (Å²) in [5, 5.41) is 14.1. The maximum Gasteiger partial charge on any atom is 0.235 e. The van der Waals surface area contributed by atoms with Crippen molar-refractivity contribution in [2.45, 2.75) is 78.4 Å². The normalized spacial score (nSPS) is 17.5. The van der Waals surface area contributed by atoms with E-state index in [1.807, 2.05) is 44.2 Å². The van der Waals surface area contributed by atoms with Gasteiger partial charge in [0.05, 0.1) is 19.8 Å². The molecule has 0 saturated carbocycles. The van der Waals surface area contributed by atoms with Crippen LogP contribution in [-0.2, 0) is 25.4 Å². The summed E-state index contributed by atoms with van der Waals surface area (Å²) in [6.07, 6.45) is 12.3. The fourth-order valence-corrected chi connectivity index (χ4v) is 5.41. The van der Waals surface area contributed by atoms with Gasteiger partial charge in [-0.25, -0.2) is 0 Å². The van der Waals surface area contributed by atoms with E-state index in [1.165, 1.54) is 12.5 Å². The van der Waals surface area contributed by atoms with E-state index in [9.17, 15) is 9.90 Å². The lowest BCUT2D eigenvalue weighted by molar-refractivity contribution is -0.127. The Labute approximate surface area is 263 Å². The highest BCUT2D eigenvalue weighted by molar-refractivity contribution is 5.80. The first-order valence-electron chi connectivity index (χ1n) is 15.8. The second kappa shape index (κ2) is 17.9. The van der Waals surface area contributed by atoms with Gasteiger partial charge >= 0.3 is 0 Å². The molecule has 0 radical (unpaired) electrons. The predicted octanol–water partition coefficient (Wildman–Crippen LogP) is 5.75. The van der Waals surface area contributed by atoms with Crippen molar-refractivity contribution < 1.29 is 33.6 Å². The molecule has 0 saturated heterocycles. The number of methoxy groups -OCH3 is 2. The van der Waals surface area contributed by atoms with Gasteiger partial charge in [0.25, 0.3) is 0 Å². The van der Waals surface area contributed by atoms with Crippen LogP contribution in [0.25, 0.3) is 0 Å². The Hall–Kier alpha value is -3.27. The molecule has 1 aromatic carbocycles. The highest BCUT2D eigenvalue weighted by atomic mass is 16.6. The molecule has 1 aliphatic heterocycles. The van der Waals surface area contributed by atoms with E-state index in [4.69, 9.17) is 29.4 Å². The van der Waals surface area contributed by atoms with Gasteiger partial charge in [-0.3, -0.25) is 10.1 Å². The van der Waals surface area contributed by atoms with Crippen molar-refractivity contribution in [2.24, 2.45) is 29.4 Å². The van der Waals surface area contributed by atoms with Crippen LogP contribution in [0.5, 0.6) is 11.5 Å². The van der Waals surface area contributed by atoms with Crippen molar-refractivity contribution in [1.82, 2.24) is 5.32 Å². The van der Waals surface area contributed by atoms with Crippen molar-refractivity contribution >= 4 is 5.91 Å². The molecule has 9 nitrogen and oxygen atoms in total. The maximum absolute atomic E-state index is 13.3. The molecular formula is C35H52N2O7. The number of ether oxygens (including phenoxy) is 5. The van der Waals surface area contributed by atoms with Gasteiger partial charge in [0.1, 0.15) is 6.26 Å². The Morgan fingerprint density at radius 2 is 1.86 bits per heavy atom. The SMILES string of the molecule is COCCCOc1cc(CC(CC(N)C(O)CC(C(=O)NC2=COC=C(C3=CC=CCC3)O2)C(C)C)C(C)C)ccc1OC. The molecule has 9 heteroatoms. The summed E-state index contributed by atoms with van der Waals surface area (Å²) in [6, 6.07) is 5.51. The Morgan fingerprint density at radius 3 is 2.52 bits per heavy atom. The van der Waals surface area contributed by atoms with E-state index in [0.29, 0.717) is 42.8 Å². The molecular weight excluding hydrogens is 560 g/mol. The summed E-state index contributed by atoms with van der Waals surface area (Å²) >= 11 is 0. The minimum Gasteiger partial charge on any atom is -0.493 e. The Kier molecular flexibility index (Phi) is 14.3. The quantitative estimate of drug-likeness (QED) is 0.179. The standard InChI is InChI=1S/C35H52N2O7/c1-23(2)27(17-25-13-14-31(41-6)32(18-25)43-16-10-15-40-5)19-29(36)30(38)20-28(24(3)4)35(39)37-34-22-42-21-33(44-34)26-11-8-7-9-12-26/h7-8,11,13-14,18,21-24,27-30,38H,9-10,12,15-17,19-20,36H2,1-6H3,(H,37,39). The van der Waals surface area contributed by atoms with Gasteiger partial charge in [0.2, 0.25) is 11.8 Å². The Morgan fingerprint density at radius 1 is 1.07 bits per heavy atom. The molecule has 4 atom stereocenters. The third-order valence-electron chi connectivity index (χ3n) is 8.27. The first-order chi connectivity index (χ1) is 21.1. The highest BCUT2D eigenvalue weighted by Gasteiger charge is 2.31. The number of nitrogens with one attached hydrogen (secondary N) is 1. The van der Waals surface area contributed by atoms with E-state index in [-0.39, 0.29) is 30.0 Å². The first-order valence-corrected chi connectivity index (χ1v) is 15.8. The minimum atomic E-state index is -0.850. The van der Waals surface area contributed by atoms with Crippen molar-refractivity contribution in [2.75, 3.05) is 27.4 Å². The second-order valence-electron chi connectivity index (χ2n) is 12.3. The average Bonchev–Trinajstić information content (AvgIpc) is 3.01. The van der Waals surface area contributed by atoms with Gasteiger partial charge in [-0.15, -0.1) is 0 Å². The molecule has 2 aliphatic rings. The lowest BCUT2D eigenvalue weighted by Crippen LogP contribution is -2.42. The molecule has 1 amide bonds. The fourth-order valence-electron chi connectivity index (χ4n) is 5.41. The fraction of sp³-hybridized carbons (Fsp3) is 0.571. The van der Waals surface area contributed by atoms with Crippen LogP contribution in [0.2, 0.25) is 0 Å². The van der Waals surface area contributed by atoms with Crippen LogP contribution >= 0.6 is 0 Å². The molecule has 1 aliphatic carbocycles. The topological polar surface area (TPSA) is 122 Å². The van der Waals surface area contributed by atoms with Crippen molar-refractivity contribution in [1.29, 1.82) is 0 Å². The number of hydrogen-bond donors (Lipinski definition) is 3. The number of nitrogens with two attached hydrogens (primary N) is 1. The van der Waals surface area contributed by atoms with E-state index in [2.05, 4.69) is 25.2 Å². The summed E-state index contributed by atoms with van der Waals surface area (Å²) in [4.78, 5) is 13.3. The van der Waals surface area contributed by atoms with Gasteiger partial charge in [-0.05, 0) is 73.1 Å². The third kappa shape index (κ3) is 10.7. The average molecular weight is 613 g/mol. The van der Waals surface area contributed by atoms with E-state index < -0.39 is 18.1 Å². The van der Waals surface area contributed by atoms with Crippen LogP contribution in [0.3, 0.4) is 0 Å². The summed E-state index contributed by atoms with van der Waals surface area (Å²) in [5.74, 6) is 2.02. The zero-order valence-corrected chi connectivity index (χ0v) is 27.2. The molecule has 0 fully saturated rings. The molecule has 4 N–H and O–H groups in total. The molecule has 244 valence electrons. The number of hydrogen-bond acceptors (Lipinski definition) is 8. The van der Waals surface area contributed by atoms with E-state index in [1.54, 1.807) is 14.2 Å². The summed E-state index contributed by atoms with van der Waals surface area (Å²) in [6.45, 7) is 9.44. The van der Waals surface area contributed by atoms with Crippen LogP contribution in [0.1, 0.15) is 65.4 Å².